The smallest absolute Gasteiger partial charge is 0.0845 e. The fourth-order valence-electron chi connectivity index (χ4n) is 3.43. The minimum Gasteiger partial charge on any atom is -0.390 e. The summed E-state index contributed by atoms with van der Waals surface area (Å²) in [6, 6.07) is 0. The average Bonchev–Trinajstić information content (AvgIpc) is 2.52. The Morgan fingerprint density at radius 3 is 3.08 bits per heavy atom. The molecule has 2 bridgehead atoms. The van der Waals surface area contributed by atoms with E-state index in [1.807, 2.05) is 0 Å². The fraction of sp³-hybridized carbons (Fsp3) is 1.00. The van der Waals surface area contributed by atoms with Crippen LogP contribution in [0.4, 0.5) is 0 Å². The average molecular weight is 168 g/mol. The molecule has 1 spiro atoms. The van der Waals surface area contributed by atoms with Crippen LogP contribution in [0.2, 0.25) is 0 Å². The lowest BCUT2D eigenvalue weighted by molar-refractivity contribution is -0.134. The summed E-state index contributed by atoms with van der Waals surface area (Å²) in [5.74, 6) is 0.777. The van der Waals surface area contributed by atoms with Crippen molar-refractivity contribution in [3.05, 3.63) is 0 Å². The molecule has 0 amide bonds. The summed E-state index contributed by atoms with van der Waals surface area (Å²) in [5.41, 5.74) is 0.226. The zero-order valence-electron chi connectivity index (χ0n) is 7.33. The van der Waals surface area contributed by atoms with E-state index >= 15 is 0 Å². The summed E-state index contributed by atoms with van der Waals surface area (Å²) in [6.07, 6.45) is 7.15. The first-order valence-corrected chi connectivity index (χ1v) is 5.16. The van der Waals surface area contributed by atoms with Crippen LogP contribution in [-0.2, 0) is 4.74 Å². The molecule has 1 saturated carbocycles. The van der Waals surface area contributed by atoms with Gasteiger partial charge in [0.1, 0.15) is 0 Å². The van der Waals surface area contributed by atoms with Crippen LogP contribution in [0.1, 0.15) is 38.5 Å². The monoisotopic (exact) mass is 168 g/mol. The Kier molecular flexibility index (Phi) is 1.37. The Hall–Kier alpha value is -0.0800. The molecule has 2 aliphatic heterocycles. The first kappa shape index (κ1) is 7.34. The van der Waals surface area contributed by atoms with Gasteiger partial charge < -0.3 is 9.84 Å². The minimum absolute atomic E-state index is 0.166. The topological polar surface area (TPSA) is 29.5 Å². The zero-order chi connectivity index (χ0) is 8.18. The summed E-state index contributed by atoms with van der Waals surface area (Å²) in [5, 5.41) is 9.62. The molecule has 68 valence electrons. The molecule has 0 radical (unpaired) electrons. The van der Waals surface area contributed by atoms with Gasteiger partial charge in [0, 0.05) is 0 Å². The Balaban J connectivity index is 1.90. The Bertz CT molecular complexity index is 204. The van der Waals surface area contributed by atoms with Gasteiger partial charge in [-0.25, -0.2) is 0 Å². The lowest BCUT2D eigenvalue weighted by Crippen LogP contribution is -2.40. The van der Waals surface area contributed by atoms with Gasteiger partial charge in [-0.2, -0.15) is 0 Å². The molecular weight excluding hydrogens is 152 g/mol. The van der Waals surface area contributed by atoms with E-state index in [4.69, 9.17) is 4.74 Å². The van der Waals surface area contributed by atoms with Crippen molar-refractivity contribution < 1.29 is 9.84 Å². The molecule has 2 heteroatoms. The lowest BCUT2D eigenvalue weighted by atomic mass is 9.88. The third-order valence-corrected chi connectivity index (χ3v) is 4.09. The summed E-state index contributed by atoms with van der Waals surface area (Å²) >= 11 is 0. The summed E-state index contributed by atoms with van der Waals surface area (Å²) in [6.45, 7) is 0. The van der Waals surface area contributed by atoms with Gasteiger partial charge in [0.15, 0.2) is 0 Å². The molecule has 1 N–H and O–H groups in total. The largest absolute Gasteiger partial charge is 0.390 e. The van der Waals surface area contributed by atoms with Gasteiger partial charge in [-0.05, 0) is 38.0 Å². The predicted octanol–water partition coefficient (Wildman–Crippen LogP) is 1.47. The molecule has 4 atom stereocenters. The Morgan fingerprint density at radius 1 is 1.25 bits per heavy atom. The van der Waals surface area contributed by atoms with Crippen LogP contribution >= 0.6 is 0 Å². The van der Waals surface area contributed by atoms with Crippen LogP contribution in [0.3, 0.4) is 0 Å². The van der Waals surface area contributed by atoms with Gasteiger partial charge in [0.05, 0.1) is 17.8 Å². The van der Waals surface area contributed by atoms with Crippen molar-refractivity contribution in [2.45, 2.75) is 56.3 Å². The van der Waals surface area contributed by atoms with Crippen molar-refractivity contribution in [2.24, 2.45) is 5.92 Å². The van der Waals surface area contributed by atoms with E-state index < -0.39 is 0 Å². The van der Waals surface area contributed by atoms with Crippen LogP contribution in [0.5, 0.6) is 0 Å². The predicted molar refractivity (Wildman–Crippen MR) is 44.8 cm³/mol. The van der Waals surface area contributed by atoms with Gasteiger partial charge >= 0.3 is 0 Å². The molecule has 2 heterocycles. The van der Waals surface area contributed by atoms with Gasteiger partial charge in [0.2, 0.25) is 0 Å². The summed E-state index contributed by atoms with van der Waals surface area (Å²) in [7, 11) is 0. The lowest BCUT2D eigenvalue weighted by Gasteiger charge is -2.35. The molecule has 0 aromatic carbocycles. The molecule has 0 aromatic heterocycles. The highest BCUT2D eigenvalue weighted by Gasteiger charge is 2.55. The maximum absolute atomic E-state index is 9.62. The molecular formula is C10H16O2. The highest BCUT2D eigenvalue weighted by atomic mass is 16.5. The van der Waals surface area contributed by atoms with Gasteiger partial charge in [-0.1, -0.05) is 6.42 Å². The van der Waals surface area contributed by atoms with Crippen LogP contribution in [0.15, 0.2) is 0 Å². The maximum atomic E-state index is 9.62. The van der Waals surface area contributed by atoms with Crippen LogP contribution in [0, 0.1) is 5.92 Å². The second kappa shape index (κ2) is 2.24. The van der Waals surface area contributed by atoms with Crippen molar-refractivity contribution in [2.75, 3.05) is 0 Å². The standard InChI is InChI=1S/C10H16O2/c11-8-3-5-10-4-1-2-7(10)6-9(8)12-10/h7-9,11H,1-6H2. The normalized spacial score (nSPS) is 57.2. The van der Waals surface area contributed by atoms with Crippen molar-refractivity contribution in [1.82, 2.24) is 0 Å². The summed E-state index contributed by atoms with van der Waals surface area (Å²) in [4.78, 5) is 0. The van der Waals surface area contributed by atoms with E-state index in [2.05, 4.69) is 0 Å². The molecule has 3 fully saturated rings. The van der Waals surface area contributed by atoms with Crippen LogP contribution < -0.4 is 0 Å². The van der Waals surface area contributed by atoms with Crippen LogP contribution in [0.25, 0.3) is 0 Å². The first-order chi connectivity index (χ1) is 5.80. The Labute approximate surface area is 72.9 Å². The molecule has 3 rings (SSSR count). The molecule has 0 aromatic rings. The quantitative estimate of drug-likeness (QED) is 0.593. The van der Waals surface area contributed by atoms with Crippen molar-refractivity contribution in [1.29, 1.82) is 0 Å². The SMILES string of the molecule is OC1CCC23CCCC2CC1O3. The number of rotatable bonds is 0. The van der Waals surface area contributed by atoms with Gasteiger partial charge in [-0.15, -0.1) is 0 Å². The number of ether oxygens (including phenoxy) is 1. The zero-order valence-corrected chi connectivity index (χ0v) is 7.33. The highest BCUT2D eigenvalue weighted by molar-refractivity contribution is 5.05. The van der Waals surface area contributed by atoms with E-state index in [-0.39, 0.29) is 17.8 Å². The van der Waals surface area contributed by atoms with Crippen LogP contribution in [-0.4, -0.2) is 22.9 Å². The molecule has 1 aliphatic carbocycles. The van der Waals surface area contributed by atoms with E-state index in [1.165, 1.54) is 19.3 Å². The molecule has 4 unspecified atom stereocenters. The van der Waals surface area contributed by atoms with E-state index in [1.54, 1.807) is 0 Å². The van der Waals surface area contributed by atoms with Gasteiger partial charge in [0.25, 0.3) is 0 Å². The van der Waals surface area contributed by atoms with Crippen molar-refractivity contribution in [3.63, 3.8) is 0 Å². The Morgan fingerprint density at radius 2 is 2.17 bits per heavy atom. The maximum Gasteiger partial charge on any atom is 0.0845 e. The number of hydrogen-bond acceptors (Lipinski definition) is 2. The number of hydrogen-bond donors (Lipinski definition) is 1. The second-order valence-electron chi connectivity index (χ2n) is 4.65. The van der Waals surface area contributed by atoms with E-state index in [0.717, 1.165) is 25.2 Å². The van der Waals surface area contributed by atoms with Crippen molar-refractivity contribution in [3.8, 4) is 0 Å². The first-order valence-electron chi connectivity index (χ1n) is 5.16. The van der Waals surface area contributed by atoms with E-state index in [0.29, 0.717) is 0 Å². The number of fused-ring (bicyclic) bond motifs is 1. The third kappa shape index (κ3) is 0.775. The van der Waals surface area contributed by atoms with E-state index in [9.17, 15) is 5.11 Å². The second-order valence-corrected chi connectivity index (χ2v) is 4.65. The number of aliphatic hydroxyl groups is 1. The molecule has 3 aliphatic rings. The molecule has 12 heavy (non-hydrogen) atoms. The molecule has 2 nitrogen and oxygen atoms in total. The minimum atomic E-state index is -0.166. The van der Waals surface area contributed by atoms with Gasteiger partial charge in [-0.3, -0.25) is 0 Å². The molecule has 2 saturated heterocycles. The third-order valence-electron chi connectivity index (χ3n) is 4.09. The summed E-state index contributed by atoms with van der Waals surface area (Å²) < 4.78 is 5.97. The fourth-order valence-corrected chi connectivity index (χ4v) is 3.43. The highest BCUT2D eigenvalue weighted by Crippen LogP contribution is 2.54. The van der Waals surface area contributed by atoms with Crippen molar-refractivity contribution >= 4 is 0 Å². The number of aliphatic hydroxyl groups excluding tert-OH is 1.